The Morgan fingerprint density at radius 3 is 2.93 bits per heavy atom. The molecule has 1 unspecified atom stereocenters. The third-order valence-electron chi connectivity index (χ3n) is 2.32. The second kappa shape index (κ2) is 6.27. The van der Waals surface area contributed by atoms with E-state index in [1.165, 1.54) is 19.3 Å². The maximum Gasteiger partial charge on any atom is 0.214 e. The molecule has 0 radical (unpaired) electrons. The van der Waals surface area contributed by atoms with Crippen LogP contribution in [0, 0.1) is 0 Å². The molecule has 1 atom stereocenters. The van der Waals surface area contributed by atoms with Crippen LogP contribution in [0.3, 0.4) is 0 Å². The van der Waals surface area contributed by atoms with Gasteiger partial charge in [0.1, 0.15) is 5.82 Å². The zero-order valence-electron chi connectivity index (χ0n) is 9.79. The minimum absolute atomic E-state index is 0.463. The van der Waals surface area contributed by atoms with Crippen molar-refractivity contribution in [2.45, 2.75) is 39.2 Å². The van der Waals surface area contributed by atoms with Crippen LogP contribution in [0.5, 0.6) is 5.88 Å². The third kappa shape index (κ3) is 4.19. The summed E-state index contributed by atoms with van der Waals surface area (Å²) in [5.41, 5.74) is 0. The van der Waals surface area contributed by atoms with Crippen LogP contribution in [0.15, 0.2) is 18.2 Å². The van der Waals surface area contributed by atoms with Gasteiger partial charge in [0.05, 0.1) is 7.11 Å². The lowest BCUT2D eigenvalue weighted by molar-refractivity contribution is 0.398. The molecule has 0 fully saturated rings. The molecule has 1 rings (SSSR count). The summed E-state index contributed by atoms with van der Waals surface area (Å²) in [6, 6.07) is 6.22. The normalized spacial score (nSPS) is 12.2. The molecule has 1 aromatic heterocycles. The fraction of sp³-hybridized carbons (Fsp3) is 0.583. The van der Waals surface area contributed by atoms with E-state index in [9.17, 15) is 0 Å². The van der Waals surface area contributed by atoms with E-state index >= 15 is 0 Å². The average Bonchev–Trinajstić information content (AvgIpc) is 2.26. The Morgan fingerprint density at radius 1 is 1.47 bits per heavy atom. The molecule has 0 aliphatic rings. The first-order chi connectivity index (χ1) is 7.26. The molecule has 1 heterocycles. The van der Waals surface area contributed by atoms with Gasteiger partial charge in [-0.2, -0.15) is 4.98 Å². The first kappa shape index (κ1) is 11.8. The van der Waals surface area contributed by atoms with Crippen LogP contribution in [0.25, 0.3) is 0 Å². The molecular weight excluding hydrogens is 188 g/mol. The lowest BCUT2D eigenvalue weighted by Gasteiger charge is -2.14. The molecule has 0 saturated carbocycles. The number of aromatic nitrogens is 1. The van der Waals surface area contributed by atoms with Crippen LogP contribution in [0.2, 0.25) is 0 Å². The summed E-state index contributed by atoms with van der Waals surface area (Å²) in [4.78, 5) is 4.31. The highest BCUT2D eigenvalue weighted by atomic mass is 16.5. The van der Waals surface area contributed by atoms with Gasteiger partial charge in [0, 0.05) is 12.1 Å². The number of methoxy groups -OCH3 is 1. The summed E-state index contributed by atoms with van der Waals surface area (Å²) in [7, 11) is 1.63. The van der Waals surface area contributed by atoms with E-state index < -0.39 is 0 Å². The van der Waals surface area contributed by atoms with E-state index in [4.69, 9.17) is 4.74 Å². The van der Waals surface area contributed by atoms with Crippen molar-refractivity contribution < 1.29 is 4.74 Å². The molecule has 15 heavy (non-hydrogen) atoms. The number of ether oxygens (including phenoxy) is 1. The molecular formula is C12H20N2O. The number of unbranched alkanes of at least 4 members (excludes halogenated alkanes) is 1. The van der Waals surface area contributed by atoms with Gasteiger partial charge >= 0.3 is 0 Å². The number of hydrogen-bond acceptors (Lipinski definition) is 3. The molecule has 84 valence electrons. The third-order valence-corrected chi connectivity index (χ3v) is 2.32. The van der Waals surface area contributed by atoms with Gasteiger partial charge in [-0.15, -0.1) is 0 Å². The first-order valence-electron chi connectivity index (χ1n) is 5.53. The van der Waals surface area contributed by atoms with Gasteiger partial charge in [-0.25, -0.2) is 0 Å². The van der Waals surface area contributed by atoms with Crippen LogP contribution < -0.4 is 10.1 Å². The Morgan fingerprint density at radius 2 is 2.27 bits per heavy atom. The zero-order valence-corrected chi connectivity index (χ0v) is 9.79. The highest BCUT2D eigenvalue weighted by Gasteiger charge is 2.02. The van der Waals surface area contributed by atoms with E-state index in [-0.39, 0.29) is 0 Å². The molecule has 0 bridgehead atoms. The fourth-order valence-electron chi connectivity index (χ4n) is 1.44. The SMILES string of the molecule is CCCCC(C)Nc1cccc(OC)n1. The van der Waals surface area contributed by atoms with E-state index in [0.29, 0.717) is 11.9 Å². The van der Waals surface area contributed by atoms with Gasteiger partial charge in [-0.3, -0.25) is 0 Å². The smallest absolute Gasteiger partial charge is 0.214 e. The van der Waals surface area contributed by atoms with Gasteiger partial charge in [-0.1, -0.05) is 25.8 Å². The second-order valence-corrected chi connectivity index (χ2v) is 3.75. The van der Waals surface area contributed by atoms with E-state index in [0.717, 1.165) is 5.82 Å². The average molecular weight is 208 g/mol. The van der Waals surface area contributed by atoms with Gasteiger partial charge in [0.15, 0.2) is 0 Å². The molecule has 0 aliphatic carbocycles. The summed E-state index contributed by atoms with van der Waals surface area (Å²) in [5, 5.41) is 3.36. The Balaban J connectivity index is 2.48. The molecule has 0 aromatic carbocycles. The molecule has 3 heteroatoms. The predicted octanol–water partition coefficient (Wildman–Crippen LogP) is 3.08. The van der Waals surface area contributed by atoms with Gasteiger partial charge in [0.2, 0.25) is 5.88 Å². The van der Waals surface area contributed by atoms with Crippen molar-refractivity contribution in [1.29, 1.82) is 0 Å². The highest BCUT2D eigenvalue weighted by Crippen LogP contribution is 2.13. The highest BCUT2D eigenvalue weighted by molar-refractivity contribution is 5.37. The lowest BCUT2D eigenvalue weighted by Crippen LogP contribution is -2.15. The topological polar surface area (TPSA) is 34.1 Å². The molecule has 1 aromatic rings. The molecule has 0 saturated heterocycles. The number of nitrogens with zero attached hydrogens (tertiary/aromatic N) is 1. The standard InChI is InChI=1S/C12H20N2O/c1-4-5-7-10(2)13-11-8-6-9-12(14-11)15-3/h6,8-10H,4-5,7H2,1-3H3,(H,13,14). The maximum absolute atomic E-state index is 5.07. The quantitative estimate of drug-likeness (QED) is 0.780. The molecule has 0 spiro atoms. The fourth-order valence-corrected chi connectivity index (χ4v) is 1.44. The first-order valence-corrected chi connectivity index (χ1v) is 5.53. The zero-order chi connectivity index (χ0) is 11.1. The summed E-state index contributed by atoms with van der Waals surface area (Å²) >= 11 is 0. The largest absolute Gasteiger partial charge is 0.481 e. The van der Waals surface area contributed by atoms with Crippen LogP contribution in [-0.2, 0) is 0 Å². The van der Waals surface area contributed by atoms with Crippen LogP contribution in [0.4, 0.5) is 5.82 Å². The number of anilines is 1. The monoisotopic (exact) mass is 208 g/mol. The lowest BCUT2D eigenvalue weighted by atomic mass is 10.1. The van der Waals surface area contributed by atoms with Crippen molar-refractivity contribution in [2.75, 3.05) is 12.4 Å². The van der Waals surface area contributed by atoms with Gasteiger partial charge in [0.25, 0.3) is 0 Å². The Bertz CT molecular complexity index is 289. The number of rotatable bonds is 6. The van der Waals surface area contributed by atoms with E-state index in [1.807, 2.05) is 18.2 Å². The van der Waals surface area contributed by atoms with Crippen LogP contribution >= 0.6 is 0 Å². The second-order valence-electron chi connectivity index (χ2n) is 3.75. The van der Waals surface area contributed by atoms with Crippen molar-refractivity contribution >= 4 is 5.82 Å². The van der Waals surface area contributed by atoms with E-state index in [2.05, 4.69) is 24.1 Å². The summed E-state index contributed by atoms with van der Waals surface area (Å²) in [6.45, 7) is 4.38. The van der Waals surface area contributed by atoms with Crippen LogP contribution in [0.1, 0.15) is 33.1 Å². The maximum atomic E-state index is 5.07. The predicted molar refractivity (Wildman–Crippen MR) is 63.4 cm³/mol. The molecule has 0 amide bonds. The van der Waals surface area contributed by atoms with E-state index in [1.54, 1.807) is 7.11 Å². The minimum atomic E-state index is 0.463. The number of hydrogen-bond donors (Lipinski definition) is 1. The van der Waals surface area contributed by atoms with Crippen molar-refractivity contribution in [3.05, 3.63) is 18.2 Å². The summed E-state index contributed by atoms with van der Waals surface area (Å²) in [6.07, 6.45) is 3.66. The number of nitrogens with one attached hydrogen (secondary N) is 1. The minimum Gasteiger partial charge on any atom is -0.481 e. The van der Waals surface area contributed by atoms with Crippen LogP contribution in [-0.4, -0.2) is 18.1 Å². The summed E-state index contributed by atoms with van der Waals surface area (Å²) < 4.78 is 5.07. The molecule has 3 nitrogen and oxygen atoms in total. The summed E-state index contributed by atoms with van der Waals surface area (Å²) in [5.74, 6) is 1.54. The van der Waals surface area contributed by atoms with Gasteiger partial charge in [-0.05, 0) is 19.4 Å². The number of pyridine rings is 1. The Hall–Kier alpha value is -1.25. The van der Waals surface area contributed by atoms with Crippen molar-refractivity contribution in [1.82, 2.24) is 4.98 Å². The Kier molecular flexibility index (Phi) is 4.95. The van der Waals surface area contributed by atoms with Crippen molar-refractivity contribution in [3.63, 3.8) is 0 Å². The molecule has 1 N–H and O–H groups in total. The van der Waals surface area contributed by atoms with Gasteiger partial charge < -0.3 is 10.1 Å². The van der Waals surface area contributed by atoms with Crippen molar-refractivity contribution in [3.8, 4) is 5.88 Å². The Labute approximate surface area is 91.9 Å². The molecule has 0 aliphatic heterocycles. The van der Waals surface area contributed by atoms with Crippen molar-refractivity contribution in [2.24, 2.45) is 0 Å².